The molecule has 2 saturated heterocycles. The Balaban J connectivity index is 2.07. The molecule has 0 aromatic rings. The summed E-state index contributed by atoms with van der Waals surface area (Å²) in [6.45, 7) is 9.49. The van der Waals surface area contributed by atoms with Gasteiger partial charge in [-0.15, -0.1) is 0 Å². The number of nitrogens with zero attached hydrogens (tertiary/aromatic N) is 1. The lowest BCUT2D eigenvalue weighted by Gasteiger charge is -2.40. The lowest BCUT2D eigenvalue weighted by Crippen LogP contribution is -2.56. The highest BCUT2D eigenvalue weighted by Crippen LogP contribution is 2.43. The molecule has 0 aliphatic carbocycles. The van der Waals surface area contributed by atoms with Gasteiger partial charge >= 0.3 is 12.1 Å². The van der Waals surface area contributed by atoms with Gasteiger partial charge in [0.1, 0.15) is 11.7 Å². The minimum atomic E-state index is -0.746. The summed E-state index contributed by atoms with van der Waals surface area (Å²) in [6, 6.07) is -0.353. The van der Waals surface area contributed by atoms with Gasteiger partial charge in [-0.1, -0.05) is 0 Å². The third-order valence-corrected chi connectivity index (χ3v) is 4.43. The lowest BCUT2D eigenvalue weighted by atomic mass is 9.72. The molecule has 1 spiro atoms. The average Bonchev–Trinajstić information content (AvgIpc) is 2.62. The van der Waals surface area contributed by atoms with Crippen LogP contribution in [0.3, 0.4) is 0 Å². The second-order valence-corrected chi connectivity index (χ2v) is 7.41. The molecule has 0 unspecified atom stereocenters. The maximum Gasteiger partial charge on any atom is 0.410 e. The van der Waals surface area contributed by atoms with Crippen molar-refractivity contribution in [2.24, 2.45) is 5.41 Å². The molecule has 0 aromatic heterocycles. The summed E-state index contributed by atoms with van der Waals surface area (Å²) >= 11 is 0. The first-order chi connectivity index (χ1) is 10.5. The van der Waals surface area contributed by atoms with Gasteiger partial charge in [-0.2, -0.15) is 0 Å². The van der Waals surface area contributed by atoms with Crippen molar-refractivity contribution >= 4 is 18.0 Å². The van der Waals surface area contributed by atoms with Gasteiger partial charge in [0.05, 0.1) is 11.5 Å². The molecular weight excluding hydrogens is 300 g/mol. The summed E-state index contributed by atoms with van der Waals surface area (Å²) in [4.78, 5) is 37.5. The van der Waals surface area contributed by atoms with Gasteiger partial charge in [-0.25, -0.2) is 4.79 Å². The van der Waals surface area contributed by atoms with Crippen molar-refractivity contribution in [1.29, 1.82) is 0 Å². The molecule has 2 aliphatic heterocycles. The third kappa shape index (κ3) is 3.59. The Morgan fingerprint density at radius 1 is 1.30 bits per heavy atom. The predicted molar refractivity (Wildman–Crippen MR) is 82.6 cm³/mol. The molecule has 0 aromatic carbocycles. The molecule has 2 fully saturated rings. The van der Waals surface area contributed by atoms with Crippen LogP contribution in [0.2, 0.25) is 0 Å². The maximum atomic E-state index is 12.4. The van der Waals surface area contributed by atoms with E-state index in [1.165, 1.54) is 6.92 Å². The zero-order chi connectivity index (χ0) is 17.4. The highest BCUT2D eigenvalue weighted by molar-refractivity contribution is 5.83. The second-order valence-electron chi connectivity index (χ2n) is 7.41. The maximum absolute atomic E-state index is 12.4. The first-order valence-electron chi connectivity index (χ1n) is 8.01. The summed E-state index contributed by atoms with van der Waals surface area (Å²) < 4.78 is 10.7. The Morgan fingerprint density at radius 2 is 1.87 bits per heavy atom. The molecule has 0 saturated carbocycles. The highest BCUT2D eigenvalue weighted by Gasteiger charge is 2.57. The van der Waals surface area contributed by atoms with Crippen LogP contribution in [-0.4, -0.2) is 53.7 Å². The summed E-state index contributed by atoms with van der Waals surface area (Å²) in [5.74, 6) is -0.471. The van der Waals surface area contributed by atoms with Gasteiger partial charge in [-0.3, -0.25) is 9.59 Å². The van der Waals surface area contributed by atoms with E-state index < -0.39 is 11.0 Å². The Labute approximate surface area is 136 Å². The Bertz CT molecular complexity index is 503. The van der Waals surface area contributed by atoms with E-state index in [4.69, 9.17) is 9.47 Å². The minimum Gasteiger partial charge on any atom is -0.460 e. The van der Waals surface area contributed by atoms with Crippen LogP contribution in [0.5, 0.6) is 0 Å². The molecule has 2 aliphatic rings. The molecule has 2 atom stereocenters. The average molecular weight is 326 g/mol. The van der Waals surface area contributed by atoms with Crippen molar-refractivity contribution in [3.05, 3.63) is 0 Å². The number of rotatable bonds is 1. The van der Waals surface area contributed by atoms with E-state index in [1.54, 1.807) is 11.8 Å². The molecule has 0 radical (unpaired) electrons. The van der Waals surface area contributed by atoms with Gasteiger partial charge in [0.15, 0.2) is 0 Å². The van der Waals surface area contributed by atoms with E-state index in [0.717, 1.165) is 0 Å². The van der Waals surface area contributed by atoms with E-state index in [9.17, 15) is 14.4 Å². The van der Waals surface area contributed by atoms with Crippen LogP contribution >= 0.6 is 0 Å². The van der Waals surface area contributed by atoms with E-state index >= 15 is 0 Å². The number of amides is 2. The standard InChI is InChI=1S/C16H26N2O5/c1-10-12(17-11(2)19)16(13(20)22-10)6-8-18(9-7-16)14(21)23-15(3,4)5/h10,12H,6-9H2,1-5H3,(H,17,19)/t10-,12+/m0/s1. The van der Waals surface area contributed by atoms with Gasteiger partial charge in [0.2, 0.25) is 5.91 Å². The van der Waals surface area contributed by atoms with E-state index in [2.05, 4.69) is 5.32 Å². The minimum absolute atomic E-state index is 0.186. The fourth-order valence-electron chi connectivity index (χ4n) is 3.33. The summed E-state index contributed by atoms with van der Waals surface area (Å²) in [5, 5.41) is 2.85. The lowest BCUT2D eigenvalue weighted by molar-refractivity contribution is -0.150. The first kappa shape index (κ1) is 17.6. The summed E-state index contributed by atoms with van der Waals surface area (Å²) in [5.41, 5.74) is -1.30. The number of piperidine rings is 1. The van der Waals surface area contributed by atoms with Crippen LogP contribution in [0.1, 0.15) is 47.5 Å². The van der Waals surface area contributed by atoms with Gasteiger partial charge < -0.3 is 19.7 Å². The molecule has 130 valence electrons. The van der Waals surface area contributed by atoms with Crippen molar-refractivity contribution in [2.75, 3.05) is 13.1 Å². The number of carbonyl (C=O) groups excluding carboxylic acids is 3. The normalized spacial score (nSPS) is 26.8. The van der Waals surface area contributed by atoms with Crippen LogP contribution in [-0.2, 0) is 19.1 Å². The predicted octanol–water partition coefficient (Wildman–Crippen LogP) is 1.45. The van der Waals surface area contributed by atoms with Crippen LogP contribution < -0.4 is 5.32 Å². The number of likely N-dealkylation sites (tertiary alicyclic amines) is 1. The largest absolute Gasteiger partial charge is 0.460 e. The molecule has 7 heteroatoms. The van der Waals surface area contributed by atoms with Crippen LogP contribution in [0, 0.1) is 5.41 Å². The van der Waals surface area contributed by atoms with Crippen LogP contribution in [0.4, 0.5) is 4.79 Å². The van der Waals surface area contributed by atoms with Crippen LogP contribution in [0.25, 0.3) is 0 Å². The van der Waals surface area contributed by atoms with Gasteiger partial charge in [-0.05, 0) is 40.5 Å². The van der Waals surface area contributed by atoms with Crippen molar-refractivity contribution in [3.63, 3.8) is 0 Å². The van der Waals surface area contributed by atoms with Crippen molar-refractivity contribution in [2.45, 2.75) is 65.2 Å². The molecule has 2 amide bonds. The van der Waals surface area contributed by atoms with E-state index in [-0.39, 0.29) is 30.1 Å². The molecule has 7 nitrogen and oxygen atoms in total. The zero-order valence-corrected chi connectivity index (χ0v) is 14.5. The third-order valence-electron chi connectivity index (χ3n) is 4.43. The first-order valence-corrected chi connectivity index (χ1v) is 8.01. The smallest absolute Gasteiger partial charge is 0.410 e. The summed E-state index contributed by atoms with van der Waals surface area (Å²) in [6.07, 6.45) is 0.183. The molecule has 23 heavy (non-hydrogen) atoms. The molecule has 2 heterocycles. The fourth-order valence-corrected chi connectivity index (χ4v) is 3.33. The van der Waals surface area contributed by atoms with E-state index in [0.29, 0.717) is 25.9 Å². The van der Waals surface area contributed by atoms with Crippen molar-refractivity contribution in [1.82, 2.24) is 10.2 Å². The number of hydrogen-bond acceptors (Lipinski definition) is 5. The molecule has 2 rings (SSSR count). The number of cyclic esters (lactones) is 1. The Hall–Kier alpha value is -1.79. The SMILES string of the molecule is CC(=O)N[C@@H]1[C@H](C)OC(=O)C12CCN(C(=O)OC(C)(C)C)CC2. The van der Waals surface area contributed by atoms with E-state index in [1.807, 2.05) is 20.8 Å². The fraction of sp³-hybridized carbons (Fsp3) is 0.812. The van der Waals surface area contributed by atoms with Gasteiger partial charge in [0.25, 0.3) is 0 Å². The molecule has 0 bridgehead atoms. The Morgan fingerprint density at radius 3 is 2.35 bits per heavy atom. The number of hydrogen-bond donors (Lipinski definition) is 1. The Kier molecular flexibility index (Phi) is 4.59. The molecule has 1 N–H and O–H groups in total. The van der Waals surface area contributed by atoms with Crippen molar-refractivity contribution < 1.29 is 23.9 Å². The molecular formula is C16H26N2O5. The number of nitrogens with one attached hydrogen (secondary N) is 1. The number of esters is 1. The number of ether oxygens (including phenoxy) is 2. The van der Waals surface area contributed by atoms with Crippen molar-refractivity contribution in [3.8, 4) is 0 Å². The van der Waals surface area contributed by atoms with Crippen LogP contribution in [0.15, 0.2) is 0 Å². The summed E-state index contributed by atoms with van der Waals surface area (Å²) in [7, 11) is 0. The highest BCUT2D eigenvalue weighted by atomic mass is 16.6. The zero-order valence-electron chi connectivity index (χ0n) is 14.5. The number of carbonyl (C=O) groups is 3. The second kappa shape index (κ2) is 6.02. The topological polar surface area (TPSA) is 84.9 Å². The monoisotopic (exact) mass is 326 g/mol. The quantitative estimate of drug-likeness (QED) is 0.737. The van der Waals surface area contributed by atoms with Gasteiger partial charge in [0, 0.05) is 20.0 Å².